The zero-order chi connectivity index (χ0) is 23.6. The number of piperidine rings is 1. The van der Waals surface area contributed by atoms with Gasteiger partial charge in [0.05, 0.1) is 11.1 Å². The third-order valence-electron chi connectivity index (χ3n) is 6.95. The Morgan fingerprint density at radius 1 is 1.27 bits per heavy atom. The van der Waals surface area contributed by atoms with Crippen molar-refractivity contribution in [2.45, 2.75) is 56.7 Å². The van der Waals surface area contributed by atoms with Gasteiger partial charge >= 0.3 is 0 Å². The van der Waals surface area contributed by atoms with Crippen molar-refractivity contribution in [3.63, 3.8) is 0 Å². The summed E-state index contributed by atoms with van der Waals surface area (Å²) in [6, 6.07) is 3.75. The molecule has 3 amide bonds. The van der Waals surface area contributed by atoms with Crippen molar-refractivity contribution in [2.24, 2.45) is 11.8 Å². The van der Waals surface area contributed by atoms with Crippen LogP contribution in [0.5, 0.6) is 5.75 Å². The highest BCUT2D eigenvalue weighted by atomic mass is 35.5. The topological polar surface area (TPSA) is 109 Å². The fourth-order valence-electron chi connectivity index (χ4n) is 5.29. The number of amides is 3. The molecule has 0 spiro atoms. The quantitative estimate of drug-likeness (QED) is 0.451. The van der Waals surface area contributed by atoms with E-state index in [0.717, 1.165) is 31.9 Å². The molecule has 4 N–H and O–H groups in total. The second-order valence-electron chi connectivity index (χ2n) is 9.51. The minimum Gasteiger partial charge on any atom is -0.484 e. The molecule has 2 unspecified atom stereocenters. The maximum atomic E-state index is 13.5. The lowest BCUT2D eigenvalue weighted by Gasteiger charge is -2.41. The summed E-state index contributed by atoms with van der Waals surface area (Å²) in [7, 11) is 0. The van der Waals surface area contributed by atoms with Crippen LogP contribution in [0.15, 0.2) is 18.2 Å². The van der Waals surface area contributed by atoms with Crippen molar-refractivity contribution < 1.29 is 23.5 Å². The summed E-state index contributed by atoms with van der Waals surface area (Å²) in [6.45, 7) is 2.61. The highest BCUT2D eigenvalue weighted by molar-refractivity contribution is 6.30. The molecule has 3 saturated carbocycles. The van der Waals surface area contributed by atoms with Crippen LogP contribution in [0.25, 0.3) is 0 Å². The molecule has 0 aromatic heterocycles. The average Bonchev–Trinajstić information content (AvgIpc) is 3.26. The summed E-state index contributed by atoms with van der Waals surface area (Å²) < 4.78 is 18.9. The van der Waals surface area contributed by atoms with Crippen molar-refractivity contribution in [3.8, 4) is 5.75 Å². The van der Waals surface area contributed by atoms with Gasteiger partial charge in [-0.15, -0.1) is 0 Å². The summed E-state index contributed by atoms with van der Waals surface area (Å²) in [5.74, 6) is -0.101. The molecule has 1 aromatic rings. The average molecular weight is 481 g/mol. The lowest BCUT2D eigenvalue weighted by Crippen LogP contribution is -2.58. The first-order valence-corrected chi connectivity index (χ1v) is 11.8. The van der Waals surface area contributed by atoms with Crippen molar-refractivity contribution in [3.05, 3.63) is 29.0 Å². The molecule has 5 rings (SSSR count). The zero-order valence-electron chi connectivity index (χ0n) is 18.6. The van der Waals surface area contributed by atoms with Gasteiger partial charge in [0.1, 0.15) is 11.6 Å². The van der Waals surface area contributed by atoms with Gasteiger partial charge in [-0.05, 0) is 62.6 Å². The first-order chi connectivity index (χ1) is 15.7. The van der Waals surface area contributed by atoms with E-state index in [-0.39, 0.29) is 58.6 Å². The normalized spacial score (nSPS) is 30.2. The number of hydrogen-bond donors (Lipinski definition) is 4. The Morgan fingerprint density at radius 3 is 2.79 bits per heavy atom. The van der Waals surface area contributed by atoms with E-state index in [9.17, 15) is 18.8 Å². The fourth-order valence-corrected chi connectivity index (χ4v) is 5.40. The number of halogens is 2. The molecule has 1 aromatic carbocycles. The van der Waals surface area contributed by atoms with Gasteiger partial charge < -0.3 is 26.0 Å². The summed E-state index contributed by atoms with van der Waals surface area (Å²) in [4.78, 5) is 36.4. The number of fused-ring (bicyclic) bond motifs is 1. The molecule has 33 heavy (non-hydrogen) atoms. The van der Waals surface area contributed by atoms with Gasteiger partial charge in [-0.3, -0.25) is 14.4 Å². The van der Waals surface area contributed by atoms with E-state index in [1.807, 2.05) is 0 Å². The van der Waals surface area contributed by atoms with Gasteiger partial charge in [0, 0.05) is 31.1 Å². The third-order valence-corrected chi connectivity index (χ3v) is 7.26. The van der Waals surface area contributed by atoms with Crippen molar-refractivity contribution in [1.82, 2.24) is 21.3 Å². The van der Waals surface area contributed by atoms with Crippen LogP contribution in [-0.2, 0) is 14.4 Å². The Morgan fingerprint density at radius 2 is 2.06 bits per heavy atom. The van der Waals surface area contributed by atoms with Crippen LogP contribution < -0.4 is 26.0 Å². The summed E-state index contributed by atoms with van der Waals surface area (Å²) >= 11 is 5.65. The van der Waals surface area contributed by atoms with Crippen molar-refractivity contribution in [1.29, 1.82) is 0 Å². The van der Waals surface area contributed by atoms with Crippen LogP contribution in [0, 0.1) is 17.7 Å². The van der Waals surface area contributed by atoms with Gasteiger partial charge in [-0.2, -0.15) is 0 Å². The second-order valence-corrected chi connectivity index (χ2v) is 9.92. The van der Waals surface area contributed by atoms with Gasteiger partial charge in [0.25, 0.3) is 5.91 Å². The van der Waals surface area contributed by atoms with E-state index < -0.39 is 5.82 Å². The molecular weight excluding hydrogens is 451 g/mol. The van der Waals surface area contributed by atoms with Gasteiger partial charge in [0.15, 0.2) is 6.61 Å². The standard InChI is InChI=1S/C23H30ClFN4O4/c1-13(30)27-11-14-4-5-26-19(6-14)22(32)29-23-8-15(9-23)20(10-23)28-21(31)12-33-16-2-3-17(24)18(25)7-16/h2-3,7,14-15,19-20,26H,4-6,8-12H2,1H3,(H,27,30)(H,28,31)(H,29,32)/t14?,15?,19?,20-,23?/m0/s1. The predicted molar refractivity (Wildman–Crippen MR) is 120 cm³/mol. The lowest BCUT2D eigenvalue weighted by atomic mass is 9.76. The first kappa shape index (κ1) is 23.8. The summed E-state index contributed by atoms with van der Waals surface area (Å²) in [5.41, 5.74) is -0.272. The largest absolute Gasteiger partial charge is 0.484 e. The number of rotatable bonds is 8. The molecule has 2 bridgehead atoms. The predicted octanol–water partition coefficient (Wildman–Crippen LogP) is 1.52. The molecular formula is C23H30ClFN4O4. The fraction of sp³-hybridized carbons (Fsp3) is 0.609. The van der Waals surface area contributed by atoms with Crippen LogP contribution in [0.3, 0.4) is 0 Å². The molecule has 0 radical (unpaired) electrons. The monoisotopic (exact) mass is 480 g/mol. The molecule has 4 fully saturated rings. The Bertz CT molecular complexity index is 924. The van der Waals surface area contributed by atoms with E-state index in [4.69, 9.17) is 16.3 Å². The van der Waals surface area contributed by atoms with Crippen LogP contribution in [0.4, 0.5) is 4.39 Å². The van der Waals surface area contributed by atoms with Gasteiger partial charge in [-0.1, -0.05) is 11.6 Å². The van der Waals surface area contributed by atoms with E-state index >= 15 is 0 Å². The number of carbonyl (C=O) groups is 3. The minimum atomic E-state index is -0.599. The molecule has 1 aliphatic heterocycles. The van der Waals surface area contributed by atoms with Crippen molar-refractivity contribution in [2.75, 3.05) is 19.7 Å². The van der Waals surface area contributed by atoms with E-state index in [1.165, 1.54) is 19.1 Å². The Kier molecular flexibility index (Phi) is 7.09. The Labute approximate surface area is 197 Å². The van der Waals surface area contributed by atoms with Crippen LogP contribution in [0.1, 0.15) is 39.0 Å². The van der Waals surface area contributed by atoms with Crippen molar-refractivity contribution >= 4 is 29.3 Å². The second kappa shape index (κ2) is 9.85. The molecule has 3 aliphatic carbocycles. The van der Waals surface area contributed by atoms with Gasteiger partial charge in [-0.25, -0.2) is 4.39 Å². The number of benzene rings is 1. The molecule has 180 valence electrons. The third kappa shape index (κ3) is 5.76. The van der Waals surface area contributed by atoms with Crippen LogP contribution in [0.2, 0.25) is 5.02 Å². The molecule has 3 atom stereocenters. The number of carbonyl (C=O) groups excluding carboxylic acids is 3. The lowest BCUT2D eigenvalue weighted by molar-refractivity contribution is -0.127. The summed E-state index contributed by atoms with van der Waals surface area (Å²) in [6.07, 6.45) is 3.99. The molecule has 1 saturated heterocycles. The highest BCUT2D eigenvalue weighted by Gasteiger charge is 2.57. The molecule has 8 nitrogen and oxygen atoms in total. The number of hydrogen-bond acceptors (Lipinski definition) is 5. The number of ether oxygens (including phenoxy) is 1. The smallest absolute Gasteiger partial charge is 0.258 e. The maximum Gasteiger partial charge on any atom is 0.258 e. The highest BCUT2D eigenvalue weighted by Crippen LogP contribution is 2.52. The molecule has 4 aliphatic rings. The first-order valence-electron chi connectivity index (χ1n) is 11.4. The zero-order valence-corrected chi connectivity index (χ0v) is 19.3. The van der Waals surface area contributed by atoms with E-state index in [0.29, 0.717) is 25.3 Å². The Balaban J connectivity index is 1.22. The Hall–Kier alpha value is -2.39. The van der Waals surface area contributed by atoms with Gasteiger partial charge in [0.2, 0.25) is 11.8 Å². The van der Waals surface area contributed by atoms with Crippen LogP contribution >= 0.6 is 11.6 Å². The minimum absolute atomic E-state index is 0.00319. The van der Waals surface area contributed by atoms with E-state index in [1.54, 1.807) is 0 Å². The SMILES string of the molecule is CC(=O)NCC1CCNC(C(=O)NC23CC(C2)[C@@H](NC(=O)COc2ccc(Cl)c(F)c2)C3)C1. The maximum absolute atomic E-state index is 13.5. The van der Waals surface area contributed by atoms with E-state index in [2.05, 4.69) is 21.3 Å². The molecule has 10 heteroatoms. The summed E-state index contributed by atoms with van der Waals surface area (Å²) in [5, 5.41) is 12.3. The molecule has 1 heterocycles. The number of nitrogens with one attached hydrogen (secondary N) is 4. The van der Waals surface area contributed by atoms with Crippen LogP contribution in [-0.4, -0.2) is 55.0 Å².